The number of nitrogens with one attached hydrogen (secondary N) is 1. The zero-order valence-corrected chi connectivity index (χ0v) is 10.6. The number of halogens is 1. The number of hydrogen-bond donors (Lipinski definition) is 2. The van der Waals surface area contributed by atoms with Gasteiger partial charge >= 0.3 is 0 Å². The summed E-state index contributed by atoms with van der Waals surface area (Å²) in [5.74, 6) is 0.875. The van der Waals surface area contributed by atoms with E-state index in [9.17, 15) is 0 Å². The first-order chi connectivity index (χ1) is 9.25. The molecule has 0 spiro atoms. The Labute approximate surface area is 114 Å². The molecule has 0 fully saturated rings. The van der Waals surface area contributed by atoms with Gasteiger partial charge in [-0.05, 0) is 6.07 Å². The van der Waals surface area contributed by atoms with Gasteiger partial charge in [-0.2, -0.15) is 0 Å². The predicted octanol–water partition coefficient (Wildman–Crippen LogP) is 2.77. The Morgan fingerprint density at radius 2 is 1.95 bits per heavy atom. The molecule has 0 atom stereocenters. The third-order valence-corrected chi connectivity index (χ3v) is 3.02. The van der Waals surface area contributed by atoms with Gasteiger partial charge in [-0.1, -0.05) is 29.8 Å². The van der Waals surface area contributed by atoms with Crippen LogP contribution in [0.2, 0.25) is 5.02 Å². The topological polar surface area (TPSA) is 80.5 Å². The molecule has 0 unspecified atom stereocenters. The molecule has 0 saturated carbocycles. The fourth-order valence-corrected chi connectivity index (χ4v) is 2.07. The normalized spacial score (nSPS) is 10.6. The molecule has 2 aromatic heterocycles. The van der Waals surface area contributed by atoms with E-state index < -0.39 is 0 Å². The molecule has 3 rings (SSSR count). The number of rotatable bonds is 2. The molecule has 94 valence electrons. The molecular formula is C13H10ClN5. The van der Waals surface area contributed by atoms with Gasteiger partial charge in [-0.3, -0.25) is 0 Å². The largest absolute Gasteiger partial charge is 0.368 e. The van der Waals surface area contributed by atoms with Crippen LogP contribution in [0.4, 0.5) is 5.95 Å². The van der Waals surface area contributed by atoms with Crippen molar-refractivity contribution in [3.63, 3.8) is 0 Å². The van der Waals surface area contributed by atoms with Crippen LogP contribution in [-0.2, 0) is 0 Å². The summed E-state index contributed by atoms with van der Waals surface area (Å²) in [7, 11) is 0. The molecular weight excluding hydrogens is 262 g/mol. The summed E-state index contributed by atoms with van der Waals surface area (Å²) in [4.78, 5) is 15.5. The van der Waals surface area contributed by atoms with Crippen molar-refractivity contribution in [2.45, 2.75) is 0 Å². The number of benzene rings is 1. The maximum absolute atomic E-state index is 6.21. The molecule has 1 aromatic carbocycles. The molecule has 19 heavy (non-hydrogen) atoms. The quantitative estimate of drug-likeness (QED) is 0.751. The zero-order valence-electron chi connectivity index (χ0n) is 9.84. The molecule has 3 aromatic rings. The minimum absolute atomic E-state index is 0.199. The van der Waals surface area contributed by atoms with Gasteiger partial charge in [-0.15, -0.1) is 0 Å². The summed E-state index contributed by atoms with van der Waals surface area (Å²) < 4.78 is 0. The molecule has 0 bridgehead atoms. The van der Waals surface area contributed by atoms with Gasteiger partial charge in [0.1, 0.15) is 5.82 Å². The lowest BCUT2D eigenvalue weighted by Gasteiger charge is -2.08. The lowest BCUT2D eigenvalue weighted by Crippen LogP contribution is -1.99. The molecule has 5 nitrogen and oxygen atoms in total. The van der Waals surface area contributed by atoms with Crippen molar-refractivity contribution in [2.75, 3.05) is 5.73 Å². The highest BCUT2D eigenvalue weighted by molar-refractivity contribution is 6.33. The molecule has 3 N–H and O–H groups in total. The monoisotopic (exact) mass is 271 g/mol. The van der Waals surface area contributed by atoms with Crippen molar-refractivity contribution in [3.05, 3.63) is 47.9 Å². The van der Waals surface area contributed by atoms with Crippen molar-refractivity contribution >= 4 is 17.5 Å². The van der Waals surface area contributed by atoms with E-state index in [1.807, 2.05) is 18.2 Å². The third-order valence-electron chi connectivity index (χ3n) is 2.69. The summed E-state index contributed by atoms with van der Waals surface area (Å²) >= 11 is 6.21. The van der Waals surface area contributed by atoms with Crippen LogP contribution in [0, 0.1) is 0 Å². The first kappa shape index (κ1) is 11.7. The van der Waals surface area contributed by atoms with E-state index in [0.29, 0.717) is 16.5 Å². The highest BCUT2D eigenvalue weighted by Gasteiger charge is 2.14. The van der Waals surface area contributed by atoms with E-state index in [4.69, 9.17) is 17.3 Å². The molecule has 0 saturated heterocycles. The van der Waals surface area contributed by atoms with Crippen LogP contribution < -0.4 is 5.73 Å². The number of hydrogen-bond acceptors (Lipinski definition) is 4. The fourth-order valence-electron chi connectivity index (χ4n) is 1.84. The number of anilines is 1. The fraction of sp³-hybridized carbons (Fsp3) is 0. The second-order valence-corrected chi connectivity index (χ2v) is 4.32. The first-order valence-corrected chi connectivity index (χ1v) is 6.00. The van der Waals surface area contributed by atoms with E-state index in [2.05, 4.69) is 19.9 Å². The summed E-state index contributed by atoms with van der Waals surface area (Å²) in [6, 6.07) is 7.45. The second-order valence-electron chi connectivity index (χ2n) is 3.91. The van der Waals surface area contributed by atoms with Crippen LogP contribution >= 0.6 is 11.6 Å². The maximum atomic E-state index is 6.21. The zero-order chi connectivity index (χ0) is 13.2. The molecule has 2 heterocycles. The number of aromatic nitrogens is 4. The van der Waals surface area contributed by atoms with Crippen LogP contribution in [0.15, 0.2) is 42.9 Å². The minimum atomic E-state index is 0.199. The smallest absolute Gasteiger partial charge is 0.220 e. The molecule has 0 aliphatic carbocycles. The molecule has 0 aliphatic heterocycles. The van der Waals surface area contributed by atoms with Gasteiger partial charge in [-0.25, -0.2) is 15.0 Å². The molecule has 0 amide bonds. The highest BCUT2D eigenvalue weighted by atomic mass is 35.5. The van der Waals surface area contributed by atoms with Crippen molar-refractivity contribution in [2.24, 2.45) is 0 Å². The molecule has 0 aliphatic rings. The Balaban J connectivity index is 2.26. The van der Waals surface area contributed by atoms with E-state index in [1.165, 1.54) is 0 Å². The van der Waals surface area contributed by atoms with Crippen molar-refractivity contribution in [3.8, 4) is 22.6 Å². The Kier molecular flexibility index (Phi) is 2.89. The average Bonchev–Trinajstić information content (AvgIpc) is 2.93. The van der Waals surface area contributed by atoms with E-state index >= 15 is 0 Å². The van der Waals surface area contributed by atoms with Crippen LogP contribution in [-0.4, -0.2) is 19.9 Å². The number of nitrogens with two attached hydrogens (primary N) is 1. The van der Waals surface area contributed by atoms with Crippen LogP contribution in [0.25, 0.3) is 22.6 Å². The Morgan fingerprint density at radius 3 is 2.68 bits per heavy atom. The van der Waals surface area contributed by atoms with Crippen LogP contribution in [0.1, 0.15) is 0 Å². The standard InChI is InChI=1S/C13H10ClN5/c14-10-4-2-1-3-8(10)11-9(7-18-13(15)19-11)12-16-5-6-17-12/h1-7H,(H,16,17)(H2,15,18,19). The van der Waals surface area contributed by atoms with E-state index in [-0.39, 0.29) is 5.95 Å². The van der Waals surface area contributed by atoms with E-state index in [0.717, 1.165) is 11.1 Å². The summed E-state index contributed by atoms with van der Waals surface area (Å²) in [5.41, 5.74) is 7.89. The minimum Gasteiger partial charge on any atom is -0.368 e. The highest BCUT2D eigenvalue weighted by Crippen LogP contribution is 2.32. The molecule has 0 radical (unpaired) electrons. The SMILES string of the molecule is Nc1ncc(-c2ncc[nH]2)c(-c2ccccc2Cl)n1. The average molecular weight is 272 g/mol. The van der Waals surface area contributed by atoms with Gasteiger partial charge in [0, 0.05) is 29.2 Å². The van der Waals surface area contributed by atoms with Crippen LogP contribution in [0.5, 0.6) is 0 Å². The molecule has 6 heteroatoms. The van der Waals surface area contributed by atoms with Gasteiger partial charge in [0.2, 0.25) is 5.95 Å². The number of aromatic amines is 1. The van der Waals surface area contributed by atoms with Gasteiger partial charge in [0.05, 0.1) is 11.3 Å². The number of imidazole rings is 1. The Morgan fingerprint density at radius 1 is 1.11 bits per heavy atom. The van der Waals surface area contributed by atoms with Gasteiger partial charge in [0.15, 0.2) is 0 Å². The lowest BCUT2D eigenvalue weighted by atomic mass is 10.1. The summed E-state index contributed by atoms with van der Waals surface area (Å²) in [6.07, 6.45) is 5.05. The Hall–Kier alpha value is -2.40. The number of H-pyrrole nitrogens is 1. The van der Waals surface area contributed by atoms with E-state index in [1.54, 1.807) is 24.7 Å². The first-order valence-electron chi connectivity index (χ1n) is 5.63. The number of nitrogens with zero attached hydrogens (tertiary/aromatic N) is 3. The third kappa shape index (κ3) is 2.15. The van der Waals surface area contributed by atoms with Crippen molar-refractivity contribution in [1.29, 1.82) is 0 Å². The second kappa shape index (κ2) is 4.70. The lowest BCUT2D eigenvalue weighted by molar-refractivity contribution is 1.17. The Bertz CT molecular complexity index is 709. The van der Waals surface area contributed by atoms with Crippen molar-refractivity contribution < 1.29 is 0 Å². The summed E-state index contributed by atoms with van der Waals surface area (Å²) in [6.45, 7) is 0. The maximum Gasteiger partial charge on any atom is 0.220 e. The number of nitrogen functional groups attached to an aromatic ring is 1. The summed E-state index contributed by atoms with van der Waals surface area (Å²) in [5, 5.41) is 0.605. The van der Waals surface area contributed by atoms with Gasteiger partial charge < -0.3 is 10.7 Å². The van der Waals surface area contributed by atoms with Crippen LogP contribution in [0.3, 0.4) is 0 Å². The van der Waals surface area contributed by atoms with Crippen molar-refractivity contribution in [1.82, 2.24) is 19.9 Å². The van der Waals surface area contributed by atoms with Gasteiger partial charge in [0.25, 0.3) is 0 Å². The predicted molar refractivity (Wildman–Crippen MR) is 74.5 cm³/mol.